The Kier molecular flexibility index (Phi) is 3.67. The standard InChI is InChI=1S/C16H23NO/c18-15-8-9-16-14(11-15)7-4-10-17(16)12-13-5-2-1-3-6-13/h1-3,5-6,14-16,18H,4,7-12H2/t14-,15+,16-/m0/s1. The minimum Gasteiger partial charge on any atom is -0.393 e. The molecule has 0 radical (unpaired) electrons. The summed E-state index contributed by atoms with van der Waals surface area (Å²) in [7, 11) is 0. The number of hydrogen-bond donors (Lipinski definition) is 1. The summed E-state index contributed by atoms with van der Waals surface area (Å²) >= 11 is 0. The molecule has 2 fully saturated rings. The van der Waals surface area contributed by atoms with Crippen molar-refractivity contribution in [1.82, 2.24) is 4.90 Å². The number of nitrogens with zero attached hydrogens (tertiary/aromatic N) is 1. The molecular formula is C16H23NO. The Morgan fingerprint density at radius 2 is 1.94 bits per heavy atom. The molecule has 98 valence electrons. The number of likely N-dealkylation sites (tertiary alicyclic amines) is 1. The van der Waals surface area contributed by atoms with Gasteiger partial charge in [0, 0.05) is 12.6 Å². The first kappa shape index (κ1) is 12.2. The Morgan fingerprint density at radius 1 is 1.11 bits per heavy atom. The Bertz CT molecular complexity index is 378. The lowest BCUT2D eigenvalue weighted by Crippen LogP contribution is -2.48. The van der Waals surface area contributed by atoms with E-state index in [4.69, 9.17) is 0 Å². The SMILES string of the molecule is O[C@@H]1CC[C@H]2[C@@H](CCCN2Cc2ccccc2)C1. The highest BCUT2D eigenvalue weighted by Crippen LogP contribution is 2.36. The van der Waals surface area contributed by atoms with Crippen LogP contribution in [0.2, 0.25) is 0 Å². The van der Waals surface area contributed by atoms with Crippen molar-refractivity contribution in [3.63, 3.8) is 0 Å². The molecule has 18 heavy (non-hydrogen) atoms. The van der Waals surface area contributed by atoms with E-state index in [1.807, 2.05) is 0 Å². The third-order valence-corrected chi connectivity index (χ3v) is 4.63. The summed E-state index contributed by atoms with van der Waals surface area (Å²) in [6, 6.07) is 11.5. The van der Waals surface area contributed by atoms with Crippen LogP contribution in [-0.2, 0) is 6.54 Å². The maximum absolute atomic E-state index is 9.81. The molecule has 0 bridgehead atoms. The van der Waals surface area contributed by atoms with Crippen LogP contribution in [0.15, 0.2) is 30.3 Å². The molecule has 0 spiro atoms. The highest BCUT2D eigenvalue weighted by Gasteiger charge is 2.35. The smallest absolute Gasteiger partial charge is 0.0544 e. The van der Waals surface area contributed by atoms with Crippen molar-refractivity contribution in [1.29, 1.82) is 0 Å². The highest BCUT2D eigenvalue weighted by molar-refractivity contribution is 5.14. The average Bonchev–Trinajstić information content (AvgIpc) is 2.40. The summed E-state index contributed by atoms with van der Waals surface area (Å²) in [5.41, 5.74) is 1.42. The lowest BCUT2D eigenvalue weighted by Gasteiger charge is -2.45. The molecule has 2 nitrogen and oxygen atoms in total. The maximum Gasteiger partial charge on any atom is 0.0544 e. The third-order valence-electron chi connectivity index (χ3n) is 4.63. The van der Waals surface area contributed by atoms with Crippen molar-refractivity contribution < 1.29 is 5.11 Å². The van der Waals surface area contributed by atoms with Crippen molar-refractivity contribution in [2.75, 3.05) is 6.54 Å². The number of aliphatic hydroxyl groups excluding tert-OH is 1. The van der Waals surface area contributed by atoms with E-state index in [-0.39, 0.29) is 6.10 Å². The van der Waals surface area contributed by atoms with Gasteiger partial charge in [0.1, 0.15) is 0 Å². The second-order valence-electron chi connectivity index (χ2n) is 5.89. The first-order valence-electron chi connectivity index (χ1n) is 7.29. The van der Waals surface area contributed by atoms with Crippen LogP contribution in [0.5, 0.6) is 0 Å². The van der Waals surface area contributed by atoms with Crippen molar-refractivity contribution in [3.8, 4) is 0 Å². The van der Waals surface area contributed by atoms with Crippen molar-refractivity contribution in [3.05, 3.63) is 35.9 Å². The van der Waals surface area contributed by atoms with Gasteiger partial charge in [-0.1, -0.05) is 30.3 Å². The van der Waals surface area contributed by atoms with Gasteiger partial charge in [0.05, 0.1) is 6.10 Å². The van der Waals surface area contributed by atoms with E-state index in [0.29, 0.717) is 6.04 Å². The maximum atomic E-state index is 9.81. The number of fused-ring (bicyclic) bond motifs is 1. The van der Waals surface area contributed by atoms with Crippen LogP contribution in [0.3, 0.4) is 0 Å². The Hall–Kier alpha value is -0.860. The van der Waals surface area contributed by atoms with Crippen LogP contribution in [0.4, 0.5) is 0 Å². The van der Waals surface area contributed by atoms with Crippen molar-refractivity contribution in [2.45, 2.75) is 50.8 Å². The summed E-state index contributed by atoms with van der Waals surface area (Å²) < 4.78 is 0. The zero-order valence-electron chi connectivity index (χ0n) is 11.0. The van der Waals surface area contributed by atoms with Crippen LogP contribution in [-0.4, -0.2) is 28.7 Å². The monoisotopic (exact) mass is 245 g/mol. The molecule has 2 heteroatoms. The van der Waals surface area contributed by atoms with Gasteiger partial charge in [-0.25, -0.2) is 0 Å². The summed E-state index contributed by atoms with van der Waals surface area (Å²) in [6.07, 6.45) is 5.76. The van der Waals surface area contributed by atoms with E-state index in [0.717, 1.165) is 25.3 Å². The second kappa shape index (κ2) is 5.41. The molecule has 1 saturated heterocycles. The zero-order chi connectivity index (χ0) is 12.4. The zero-order valence-corrected chi connectivity index (χ0v) is 11.0. The van der Waals surface area contributed by atoms with E-state index in [9.17, 15) is 5.11 Å². The Morgan fingerprint density at radius 3 is 2.78 bits per heavy atom. The van der Waals surface area contributed by atoms with Gasteiger partial charge >= 0.3 is 0 Å². The normalized spacial score (nSPS) is 33.1. The molecule has 1 aliphatic heterocycles. The lowest BCUT2D eigenvalue weighted by molar-refractivity contribution is 0.00134. The number of hydrogen-bond acceptors (Lipinski definition) is 2. The van der Waals surface area contributed by atoms with Gasteiger partial charge in [-0.05, 0) is 50.1 Å². The largest absolute Gasteiger partial charge is 0.393 e. The van der Waals surface area contributed by atoms with Crippen LogP contribution >= 0.6 is 0 Å². The van der Waals surface area contributed by atoms with E-state index >= 15 is 0 Å². The molecule has 1 aromatic rings. The molecule has 1 N–H and O–H groups in total. The summed E-state index contributed by atoms with van der Waals surface area (Å²) in [5.74, 6) is 0.728. The van der Waals surface area contributed by atoms with Crippen molar-refractivity contribution in [2.24, 2.45) is 5.92 Å². The van der Waals surface area contributed by atoms with Gasteiger partial charge in [0.15, 0.2) is 0 Å². The molecule has 0 aromatic heterocycles. The molecule has 0 unspecified atom stereocenters. The van der Waals surface area contributed by atoms with Crippen LogP contribution in [0.1, 0.15) is 37.7 Å². The van der Waals surface area contributed by atoms with Gasteiger partial charge < -0.3 is 5.11 Å². The van der Waals surface area contributed by atoms with E-state index in [1.54, 1.807) is 0 Å². The number of rotatable bonds is 2. The van der Waals surface area contributed by atoms with Crippen LogP contribution in [0, 0.1) is 5.92 Å². The number of aliphatic hydroxyl groups is 1. The lowest BCUT2D eigenvalue weighted by atomic mass is 9.77. The van der Waals surface area contributed by atoms with Gasteiger partial charge in [-0.15, -0.1) is 0 Å². The van der Waals surface area contributed by atoms with Crippen molar-refractivity contribution >= 4 is 0 Å². The Balaban J connectivity index is 1.68. The third kappa shape index (κ3) is 2.60. The van der Waals surface area contributed by atoms with E-state index in [2.05, 4.69) is 35.2 Å². The van der Waals surface area contributed by atoms with E-state index in [1.165, 1.54) is 31.4 Å². The predicted octanol–water partition coefficient (Wildman–Crippen LogP) is 2.81. The minimum atomic E-state index is -0.0390. The summed E-state index contributed by atoms with van der Waals surface area (Å²) in [6.45, 7) is 2.31. The van der Waals surface area contributed by atoms with Gasteiger partial charge in [-0.3, -0.25) is 4.90 Å². The fourth-order valence-corrected chi connectivity index (χ4v) is 3.75. The van der Waals surface area contributed by atoms with E-state index < -0.39 is 0 Å². The average molecular weight is 245 g/mol. The Labute approximate surface area is 110 Å². The molecule has 3 rings (SSSR count). The molecule has 1 aliphatic carbocycles. The fraction of sp³-hybridized carbons (Fsp3) is 0.625. The molecule has 1 aromatic carbocycles. The minimum absolute atomic E-state index is 0.0390. The highest BCUT2D eigenvalue weighted by atomic mass is 16.3. The molecular weight excluding hydrogens is 222 g/mol. The summed E-state index contributed by atoms with van der Waals surface area (Å²) in [4.78, 5) is 2.65. The van der Waals surface area contributed by atoms with Gasteiger partial charge in [0.25, 0.3) is 0 Å². The van der Waals surface area contributed by atoms with Gasteiger partial charge in [-0.2, -0.15) is 0 Å². The first-order valence-corrected chi connectivity index (χ1v) is 7.29. The predicted molar refractivity (Wildman–Crippen MR) is 73.2 cm³/mol. The summed E-state index contributed by atoms with van der Waals surface area (Å²) in [5, 5.41) is 9.81. The van der Waals surface area contributed by atoms with Gasteiger partial charge in [0.2, 0.25) is 0 Å². The second-order valence-corrected chi connectivity index (χ2v) is 5.89. The molecule has 0 amide bonds. The molecule has 2 aliphatic rings. The quantitative estimate of drug-likeness (QED) is 0.866. The van der Waals surface area contributed by atoms with Crippen LogP contribution < -0.4 is 0 Å². The molecule has 3 atom stereocenters. The fourth-order valence-electron chi connectivity index (χ4n) is 3.75. The molecule has 1 saturated carbocycles. The molecule has 1 heterocycles. The first-order chi connectivity index (χ1) is 8.83. The number of benzene rings is 1. The van der Waals surface area contributed by atoms with Crippen LogP contribution in [0.25, 0.3) is 0 Å². The topological polar surface area (TPSA) is 23.5 Å². The number of piperidine rings is 1.